The number of hydrogen-bond donors (Lipinski definition) is 2. The number of nitrogens with one attached hydrogen (secondary N) is 1. The van der Waals surface area contributed by atoms with E-state index in [9.17, 15) is 5.11 Å². The average Bonchev–Trinajstić information content (AvgIpc) is 2.83. The number of hydrogen-bond acceptors (Lipinski definition) is 3. The number of aliphatic hydroxyl groups is 1. The molecule has 0 aliphatic carbocycles. The highest BCUT2D eigenvalue weighted by Gasteiger charge is 2.32. The van der Waals surface area contributed by atoms with Crippen LogP contribution >= 0.6 is 11.8 Å². The summed E-state index contributed by atoms with van der Waals surface area (Å²) in [6.45, 7) is 5.14. The average molecular weight is 265 g/mol. The van der Waals surface area contributed by atoms with Crippen molar-refractivity contribution in [2.24, 2.45) is 0 Å². The summed E-state index contributed by atoms with van der Waals surface area (Å²) < 4.78 is 0. The fourth-order valence-electron chi connectivity index (χ4n) is 2.31. The SMILES string of the molecule is CC(NCC1(O)CCSC1)C(C)c1ccccc1. The molecule has 0 aromatic heterocycles. The van der Waals surface area contributed by atoms with E-state index in [0.717, 1.165) is 17.9 Å². The Hall–Kier alpha value is -0.510. The molecular weight excluding hydrogens is 242 g/mol. The first kappa shape index (κ1) is 13.9. The molecule has 0 radical (unpaired) electrons. The summed E-state index contributed by atoms with van der Waals surface area (Å²) in [6, 6.07) is 10.9. The van der Waals surface area contributed by atoms with Crippen LogP contribution in [-0.4, -0.2) is 34.8 Å². The van der Waals surface area contributed by atoms with Crippen molar-refractivity contribution < 1.29 is 5.11 Å². The molecule has 0 amide bonds. The summed E-state index contributed by atoms with van der Waals surface area (Å²) in [5, 5.41) is 13.8. The van der Waals surface area contributed by atoms with Gasteiger partial charge >= 0.3 is 0 Å². The molecule has 3 unspecified atom stereocenters. The van der Waals surface area contributed by atoms with Crippen molar-refractivity contribution in [3.05, 3.63) is 35.9 Å². The first-order chi connectivity index (χ1) is 8.61. The molecule has 1 fully saturated rings. The van der Waals surface area contributed by atoms with E-state index >= 15 is 0 Å². The molecule has 1 aromatic rings. The standard InChI is InChI=1S/C15H23NOS/c1-12(14-6-4-3-5-7-14)13(2)16-10-15(17)8-9-18-11-15/h3-7,12-13,16-17H,8-11H2,1-2H3. The molecule has 1 aliphatic rings. The molecule has 2 nitrogen and oxygen atoms in total. The van der Waals surface area contributed by atoms with Crippen LogP contribution in [0.4, 0.5) is 0 Å². The summed E-state index contributed by atoms with van der Waals surface area (Å²) in [5.74, 6) is 2.41. The highest BCUT2D eigenvalue weighted by Crippen LogP contribution is 2.27. The van der Waals surface area contributed by atoms with Crippen molar-refractivity contribution in [1.29, 1.82) is 0 Å². The zero-order chi connectivity index (χ0) is 13.0. The van der Waals surface area contributed by atoms with Gasteiger partial charge in [0.2, 0.25) is 0 Å². The smallest absolute Gasteiger partial charge is 0.0869 e. The van der Waals surface area contributed by atoms with Crippen LogP contribution in [0, 0.1) is 0 Å². The Balaban J connectivity index is 1.86. The molecule has 2 N–H and O–H groups in total. The maximum Gasteiger partial charge on any atom is 0.0869 e. The Morgan fingerprint density at radius 3 is 2.67 bits per heavy atom. The summed E-state index contributed by atoms with van der Waals surface area (Å²) >= 11 is 1.85. The maximum absolute atomic E-state index is 10.3. The minimum Gasteiger partial charge on any atom is -0.388 e. The minimum atomic E-state index is -0.491. The van der Waals surface area contributed by atoms with Gasteiger partial charge in [-0.05, 0) is 30.6 Å². The van der Waals surface area contributed by atoms with Crippen LogP contribution < -0.4 is 5.32 Å². The van der Waals surface area contributed by atoms with Gasteiger partial charge in [-0.3, -0.25) is 0 Å². The molecule has 3 atom stereocenters. The van der Waals surface area contributed by atoms with Gasteiger partial charge < -0.3 is 10.4 Å². The van der Waals surface area contributed by atoms with Crippen LogP contribution in [0.25, 0.3) is 0 Å². The molecule has 1 aromatic carbocycles. The van der Waals surface area contributed by atoms with Crippen molar-refractivity contribution in [2.45, 2.75) is 37.8 Å². The molecule has 3 heteroatoms. The van der Waals surface area contributed by atoms with Gasteiger partial charge in [0.25, 0.3) is 0 Å². The lowest BCUT2D eigenvalue weighted by molar-refractivity contribution is 0.0643. The van der Waals surface area contributed by atoms with Crippen LogP contribution in [0.5, 0.6) is 0 Å². The Morgan fingerprint density at radius 1 is 1.33 bits per heavy atom. The van der Waals surface area contributed by atoms with Gasteiger partial charge in [-0.1, -0.05) is 37.3 Å². The van der Waals surface area contributed by atoms with Crippen LogP contribution in [0.2, 0.25) is 0 Å². The lowest BCUT2D eigenvalue weighted by Gasteiger charge is -2.27. The van der Waals surface area contributed by atoms with Crippen molar-refractivity contribution >= 4 is 11.8 Å². The van der Waals surface area contributed by atoms with E-state index in [-0.39, 0.29) is 0 Å². The largest absolute Gasteiger partial charge is 0.388 e. The van der Waals surface area contributed by atoms with Gasteiger partial charge in [-0.25, -0.2) is 0 Å². The van der Waals surface area contributed by atoms with Crippen LogP contribution in [0.15, 0.2) is 30.3 Å². The Kier molecular flexibility index (Phi) is 4.71. The normalized spacial score (nSPS) is 27.1. The number of rotatable bonds is 5. The third-order valence-corrected chi connectivity index (χ3v) is 5.15. The highest BCUT2D eigenvalue weighted by molar-refractivity contribution is 7.99. The van der Waals surface area contributed by atoms with E-state index in [2.05, 4.69) is 43.4 Å². The van der Waals surface area contributed by atoms with Crippen molar-refractivity contribution in [3.8, 4) is 0 Å². The van der Waals surface area contributed by atoms with Gasteiger partial charge in [-0.15, -0.1) is 0 Å². The van der Waals surface area contributed by atoms with E-state index in [1.54, 1.807) is 0 Å². The Labute approximate surface area is 114 Å². The first-order valence-electron chi connectivity index (χ1n) is 6.69. The molecule has 1 aliphatic heterocycles. The first-order valence-corrected chi connectivity index (χ1v) is 7.85. The van der Waals surface area contributed by atoms with E-state index in [0.29, 0.717) is 18.5 Å². The maximum atomic E-state index is 10.3. The van der Waals surface area contributed by atoms with Gasteiger partial charge in [0, 0.05) is 18.3 Å². The summed E-state index contributed by atoms with van der Waals surface area (Å²) in [6.07, 6.45) is 0.914. The van der Waals surface area contributed by atoms with Crippen LogP contribution in [0.3, 0.4) is 0 Å². The number of thioether (sulfide) groups is 1. The van der Waals surface area contributed by atoms with Crippen LogP contribution in [0.1, 0.15) is 31.7 Å². The molecule has 0 spiro atoms. The fourth-order valence-corrected chi connectivity index (χ4v) is 3.60. The lowest BCUT2D eigenvalue weighted by Crippen LogP contribution is -2.45. The topological polar surface area (TPSA) is 32.3 Å². The second kappa shape index (κ2) is 6.09. The monoisotopic (exact) mass is 265 g/mol. The van der Waals surface area contributed by atoms with E-state index in [1.807, 2.05) is 17.8 Å². The summed E-state index contributed by atoms with van der Waals surface area (Å²) in [7, 11) is 0. The predicted molar refractivity (Wildman–Crippen MR) is 79.2 cm³/mol. The Morgan fingerprint density at radius 2 is 2.06 bits per heavy atom. The molecule has 2 rings (SSSR count). The molecular formula is C15H23NOS. The molecule has 1 heterocycles. The molecule has 1 saturated heterocycles. The van der Waals surface area contributed by atoms with E-state index < -0.39 is 5.60 Å². The third kappa shape index (κ3) is 3.50. The fraction of sp³-hybridized carbons (Fsp3) is 0.600. The Bertz CT molecular complexity index is 362. The summed E-state index contributed by atoms with van der Waals surface area (Å²) in [5.41, 5.74) is 0.861. The van der Waals surface area contributed by atoms with Gasteiger partial charge in [0.15, 0.2) is 0 Å². The zero-order valence-corrected chi connectivity index (χ0v) is 12.0. The van der Waals surface area contributed by atoms with Crippen LogP contribution in [-0.2, 0) is 0 Å². The van der Waals surface area contributed by atoms with Gasteiger partial charge in [0.1, 0.15) is 0 Å². The molecule has 0 saturated carbocycles. The third-order valence-electron chi connectivity index (χ3n) is 3.91. The van der Waals surface area contributed by atoms with E-state index in [1.165, 1.54) is 5.56 Å². The van der Waals surface area contributed by atoms with Crippen molar-refractivity contribution in [1.82, 2.24) is 5.32 Å². The number of benzene rings is 1. The molecule has 0 bridgehead atoms. The zero-order valence-electron chi connectivity index (χ0n) is 11.2. The van der Waals surface area contributed by atoms with Crippen molar-refractivity contribution in [2.75, 3.05) is 18.1 Å². The van der Waals surface area contributed by atoms with Gasteiger partial charge in [0.05, 0.1) is 5.60 Å². The highest BCUT2D eigenvalue weighted by atomic mass is 32.2. The summed E-state index contributed by atoms with van der Waals surface area (Å²) in [4.78, 5) is 0. The predicted octanol–water partition coefficient (Wildman–Crippen LogP) is 2.64. The second-order valence-corrected chi connectivity index (χ2v) is 6.50. The van der Waals surface area contributed by atoms with Gasteiger partial charge in [-0.2, -0.15) is 11.8 Å². The van der Waals surface area contributed by atoms with Crippen molar-refractivity contribution in [3.63, 3.8) is 0 Å². The second-order valence-electron chi connectivity index (χ2n) is 5.40. The lowest BCUT2D eigenvalue weighted by atomic mass is 9.93. The minimum absolute atomic E-state index is 0.377. The quantitative estimate of drug-likeness (QED) is 0.858. The molecule has 18 heavy (non-hydrogen) atoms. The van der Waals surface area contributed by atoms with E-state index in [4.69, 9.17) is 0 Å². The molecule has 100 valence electrons.